The molecule has 0 saturated carbocycles. The molecule has 0 bridgehead atoms. The summed E-state index contributed by atoms with van der Waals surface area (Å²) in [6.45, 7) is 0. The molecule has 1 aromatic carbocycles. The number of anilines is 2. The Morgan fingerprint density at radius 3 is 2.82 bits per heavy atom. The van der Waals surface area contributed by atoms with Crippen molar-refractivity contribution < 1.29 is 0 Å². The van der Waals surface area contributed by atoms with Gasteiger partial charge in [-0.25, -0.2) is 4.98 Å². The molecule has 0 aliphatic heterocycles. The first-order chi connectivity index (χ1) is 8.22. The summed E-state index contributed by atoms with van der Waals surface area (Å²) in [6, 6.07) is 13.0. The van der Waals surface area contributed by atoms with Crippen LogP contribution in [-0.2, 0) is 0 Å². The Kier molecular flexibility index (Phi) is 3.27. The lowest BCUT2D eigenvalue weighted by atomic mass is 10.2. The molecular formula is C13H10ClN3. The van der Waals surface area contributed by atoms with Gasteiger partial charge in [0.25, 0.3) is 0 Å². The van der Waals surface area contributed by atoms with E-state index < -0.39 is 0 Å². The van der Waals surface area contributed by atoms with Gasteiger partial charge in [0.15, 0.2) is 5.82 Å². The Morgan fingerprint density at radius 1 is 1.29 bits per heavy atom. The quantitative estimate of drug-likeness (QED) is 0.812. The van der Waals surface area contributed by atoms with Crippen molar-refractivity contribution in [3.05, 3.63) is 53.2 Å². The van der Waals surface area contributed by atoms with Crippen molar-refractivity contribution in [2.45, 2.75) is 0 Å². The van der Waals surface area contributed by atoms with Gasteiger partial charge >= 0.3 is 0 Å². The number of nitriles is 1. The Labute approximate surface area is 105 Å². The van der Waals surface area contributed by atoms with E-state index in [-0.39, 0.29) is 0 Å². The number of aromatic nitrogens is 1. The van der Waals surface area contributed by atoms with Gasteiger partial charge in [0.1, 0.15) is 0 Å². The van der Waals surface area contributed by atoms with Crippen LogP contribution in [0.4, 0.5) is 11.5 Å². The molecule has 0 aliphatic carbocycles. The largest absolute Gasteiger partial charge is 0.328 e. The van der Waals surface area contributed by atoms with Gasteiger partial charge in [-0.1, -0.05) is 17.7 Å². The van der Waals surface area contributed by atoms with Crippen molar-refractivity contribution in [3.8, 4) is 6.07 Å². The third-order valence-corrected chi connectivity index (χ3v) is 2.71. The number of hydrogen-bond donors (Lipinski definition) is 0. The van der Waals surface area contributed by atoms with Crippen LogP contribution in [0.1, 0.15) is 5.56 Å². The zero-order valence-electron chi connectivity index (χ0n) is 9.26. The second kappa shape index (κ2) is 4.86. The first-order valence-corrected chi connectivity index (χ1v) is 5.44. The third-order valence-electron chi connectivity index (χ3n) is 2.42. The van der Waals surface area contributed by atoms with Crippen LogP contribution in [0.15, 0.2) is 42.6 Å². The van der Waals surface area contributed by atoms with E-state index >= 15 is 0 Å². The maximum atomic E-state index is 8.86. The first-order valence-electron chi connectivity index (χ1n) is 5.07. The fourth-order valence-electron chi connectivity index (χ4n) is 1.53. The van der Waals surface area contributed by atoms with Gasteiger partial charge in [-0.05, 0) is 30.3 Å². The first kappa shape index (κ1) is 11.4. The lowest BCUT2D eigenvalue weighted by Crippen LogP contribution is -2.11. The van der Waals surface area contributed by atoms with Crippen LogP contribution in [0.2, 0.25) is 5.02 Å². The summed E-state index contributed by atoms with van der Waals surface area (Å²) in [7, 11) is 1.87. The summed E-state index contributed by atoms with van der Waals surface area (Å²) < 4.78 is 0. The van der Waals surface area contributed by atoms with E-state index in [4.69, 9.17) is 16.9 Å². The molecule has 0 fully saturated rings. The molecule has 3 nitrogen and oxygen atoms in total. The molecule has 0 spiro atoms. The van der Waals surface area contributed by atoms with Crippen molar-refractivity contribution in [1.29, 1.82) is 5.26 Å². The van der Waals surface area contributed by atoms with Crippen molar-refractivity contribution in [3.63, 3.8) is 0 Å². The fraction of sp³-hybridized carbons (Fsp3) is 0.0769. The molecule has 2 rings (SSSR count). The molecule has 2 aromatic rings. The summed E-state index contributed by atoms with van der Waals surface area (Å²) in [6.07, 6.45) is 1.69. The predicted molar refractivity (Wildman–Crippen MR) is 68.5 cm³/mol. The highest BCUT2D eigenvalue weighted by Crippen LogP contribution is 2.28. The minimum atomic E-state index is 0.581. The van der Waals surface area contributed by atoms with Crippen LogP contribution in [0.3, 0.4) is 0 Å². The molecule has 84 valence electrons. The van der Waals surface area contributed by atoms with Crippen LogP contribution in [0, 0.1) is 11.3 Å². The molecule has 0 saturated heterocycles. The lowest BCUT2D eigenvalue weighted by Gasteiger charge is -2.19. The van der Waals surface area contributed by atoms with Crippen LogP contribution >= 0.6 is 11.6 Å². The molecule has 17 heavy (non-hydrogen) atoms. The zero-order valence-corrected chi connectivity index (χ0v) is 10.0. The smallest absolute Gasteiger partial charge is 0.151 e. The Balaban J connectivity index is 2.41. The number of halogens is 1. The van der Waals surface area contributed by atoms with Crippen LogP contribution in [0.25, 0.3) is 0 Å². The number of hydrogen-bond acceptors (Lipinski definition) is 3. The molecular weight excluding hydrogens is 234 g/mol. The SMILES string of the molecule is CN(c1cccc(C#N)c1)c1ncccc1Cl. The minimum absolute atomic E-state index is 0.581. The van der Waals surface area contributed by atoms with E-state index in [1.807, 2.05) is 24.1 Å². The van der Waals surface area contributed by atoms with Gasteiger partial charge in [0, 0.05) is 18.9 Å². The van der Waals surface area contributed by atoms with Crippen LogP contribution < -0.4 is 4.90 Å². The molecule has 0 aliphatic rings. The maximum absolute atomic E-state index is 8.86. The van der Waals surface area contributed by atoms with E-state index in [9.17, 15) is 0 Å². The topological polar surface area (TPSA) is 39.9 Å². The second-order valence-corrected chi connectivity index (χ2v) is 3.94. The van der Waals surface area contributed by atoms with Gasteiger partial charge in [0.05, 0.1) is 16.7 Å². The monoisotopic (exact) mass is 243 g/mol. The maximum Gasteiger partial charge on any atom is 0.151 e. The van der Waals surface area contributed by atoms with Crippen molar-refractivity contribution >= 4 is 23.1 Å². The normalized spacial score (nSPS) is 9.71. The van der Waals surface area contributed by atoms with Crippen molar-refractivity contribution in [2.24, 2.45) is 0 Å². The fourth-order valence-corrected chi connectivity index (χ4v) is 1.78. The molecule has 1 heterocycles. The molecule has 0 N–H and O–H groups in total. The highest BCUT2D eigenvalue weighted by molar-refractivity contribution is 6.33. The molecule has 1 aromatic heterocycles. The van der Waals surface area contributed by atoms with Gasteiger partial charge in [-0.2, -0.15) is 5.26 Å². The molecule has 0 unspecified atom stereocenters. The average molecular weight is 244 g/mol. The number of benzene rings is 1. The van der Waals surface area contributed by atoms with Crippen molar-refractivity contribution in [2.75, 3.05) is 11.9 Å². The van der Waals surface area contributed by atoms with Gasteiger partial charge in [0.2, 0.25) is 0 Å². The zero-order chi connectivity index (χ0) is 12.3. The summed E-state index contributed by atoms with van der Waals surface area (Å²) >= 11 is 6.07. The van der Waals surface area contributed by atoms with E-state index in [1.54, 1.807) is 30.5 Å². The standard InChI is InChI=1S/C13H10ClN3/c1-17(13-12(14)6-3-7-16-13)11-5-2-4-10(8-11)9-15/h2-8H,1H3. The number of nitrogens with zero attached hydrogens (tertiary/aromatic N) is 3. The summed E-state index contributed by atoms with van der Waals surface area (Å²) in [5.41, 5.74) is 1.49. The third kappa shape index (κ3) is 2.38. The van der Waals surface area contributed by atoms with E-state index in [2.05, 4.69) is 11.1 Å². The number of rotatable bonds is 2. The van der Waals surface area contributed by atoms with Gasteiger partial charge < -0.3 is 4.90 Å². The van der Waals surface area contributed by atoms with E-state index in [0.717, 1.165) is 5.69 Å². The molecule has 0 amide bonds. The second-order valence-electron chi connectivity index (χ2n) is 3.53. The van der Waals surface area contributed by atoms with Crippen LogP contribution in [0.5, 0.6) is 0 Å². The van der Waals surface area contributed by atoms with E-state index in [0.29, 0.717) is 16.4 Å². The minimum Gasteiger partial charge on any atom is -0.328 e. The average Bonchev–Trinajstić information content (AvgIpc) is 2.38. The lowest BCUT2D eigenvalue weighted by molar-refractivity contribution is 1.13. The highest BCUT2D eigenvalue weighted by atomic mass is 35.5. The Morgan fingerprint density at radius 2 is 2.12 bits per heavy atom. The summed E-state index contributed by atoms with van der Waals surface area (Å²) in [5.74, 6) is 0.671. The van der Waals surface area contributed by atoms with Crippen molar-refractivity contribution in [1.82, 2.24) is 4.98 Å². The molecule has 0 radical (unpaired) electrons. The number of pyridine rings is 1. The van der Waals surface area contributed by atoms with E-state index in [1.165, 1.54) is 0 Å². The Bertz CT molecular complexity index is 575. The van der Waals surface area contributed by atoms with Gasteiger partial charge in [-0.15, -0.1) is 0 Å². The van der Waals surface area contributed by atoms with Crippen LogP contribution in [-0.4, -0.2) is 12.0 Å². The van der Waals surface area contributed by atoms with Gasteiger partial charge in [-0.3, -0.25) is 0 Å². The highest BCUT2D eigenvalue weighted by Gasteiger charge is 2.09. The molecule has 4 heteroatoms. The molecule has 0 atom stereocenters. The predicted octanol–water partition coefficient (Wildman–Crippen LogP) is 3.37. The summed E-state index contributed by atoms with van der Waals surface area (Å²) in [4.78, 5) is 6.07. The Hall–Kier alpha value is -2.05. The summed E-state index contributed by atoms with van der Waals surface area (Å²) in [5, 5.41) is 9.44.